The zero-order chi connectivity index (χ0) is 13.0. The van der Waals surface area contributed by atoms with Crippen LogP contribution in [-0.4, -0.2) is 12.4 Å². The summed E-state index contributed by atoms with van der Waals surface area (Å²) in [6, 6.07) is 6.51. The Bertz CT molecular complexity index is 374. The van der Waals surface area contributed by atoms with E-state index < -0.39 is 0 Å². The van der Waals surface area contributed by atoms with Crippen LogP contribution in [0, 0.1) is 19.3 Å². The Morgan fingerprint density at radius 2 is 1.78 bits per heavy atom. The summed E-state index contributed by atoms with van der Waals surface area (Å²) >= 11 is 6.17. The minimum Gasteiger partial charge on any atom is -0.312 e. The lowest BCUT2D eigenvalue weighted by Gasteiger charge is -2.27. The second-order valence-electron chi connectivity index (χ2n) is 5.81. The number of hydrogen-bond acceptors (Lipinski definition) is 1. The minimum absolute atomic E-state index is 0.359. The van der Waals surface area contributed by atoms with E-state index in [1.807, 2.05) is 0 Å². The van der Waals surface area contributed by atoms with Crippen molar-refractivity contribution in [1.82, 2.24) is 5.32 Å². The zero-order valence-electron chi connectivity index (χ0n) is 11.6. The van der Waals surface area contributed by atoms with Gasteiger partial charge in [-0.2, -0.15) is 0 Å². The third-order valence-electron chi connectivity index (χ3n) is 4.39. The molecule has 2 heteroatoms. The summed E-state index contributed by atoms with van der Waals surface area (Å²) in [7, 11) is 0. The maximum atomic E-state index is 6.17. The van der Waals surface area contributed by atoms with E-state index in [2.05, 4.69) is 37.4 Å². The summed E-state index contributed by atoms with van der Waals surface area (Å²) in [5.74, 6) is 0.798. The normalized spacial score (nSPS) is 18.2. The van der Waals surface area contributed by atoms with Gasteiger partial charge in [0.2, 0.25) is 0 Å². The van der Waals surface area contributed by atoms with Gasteiger partial charge in [0.15, 0.2) is 0 Å². The lowest BCUT2D eigenvalue weighted by Crippen LogP contribution is -2.33. The van der Waals surface area contributed by atoms with Gasteiger partial charge in [-0.1, -0.05) is 31.0 Å². The molecular formula is C16H24ClN. The first kappa shape index (κ1) is 13.9. The average Bonchev–Trinajstić information content (AvgIpc) is 2.82. The molecule has 1 aromatic rings. The lowest BCUT2D eigenvalue weighted by molar-refractivity contribution is 0.320. The van der Waals surface area contributed by atoms with E-state index in [4.69, 9.17) is 11.6 Å². The maximum Gasteiger partial charge on any atom is 0.0292 e. The number of halogens is 1. The van der Waals surface area contributed by atoms with E-state index >= 15 is 0 Å². The van der Waals surface area contributed by atoms with Gasteiger partial charge in [0, 0.05) is 19.0 Å². The highest BCUT2D eigenvalue weighted by atomic mass is 35.5. The van der Waals surface area contributed by atoms with Gasteiger partial charge < -0.3 is 5.32 Å². The number of hydrogen-bond donors (Lipinski definition) is 1. The van der Waals surface area contributed by atoms with Gasteiger partial charge in [-0.25, -0.2) is 0 Å². The van der Waals surface area contributed by atoms with Crippen molar-refractivity contribution < 1.29 is 0 Å². The van der Waals surface area contributed by atoms with Gasteiger partial charge >= 0.3 is 0 Å². The van der Waals surface area contributed by atoms with Crippen molar-refractivity contribution in [1.29, 1.82) is 0 Å². The second kappa shape index (κ2) is 6.08. The van der Waals surface area contributed by atoms with Crippen molar-refractivity contribution in [2.24, 2.45) is 5.41 Å². The van der Waals surface area contributed by atoms with Gasteiger partial charge in [0.05, 0.1) is 0 Å². The van der Waals surface area contributed by atoms with E-state index in [-0.39, 0.29) is 0 Å². The highest BCUT2D eigenvalue weighted by molar-refractivity contribution is 6.18. The molecule has 0 saturated heterocycles. The fourth-order valence-electron chi connectivity index (χ4n) is 3.06. The van der Waals surface area contributed by atoms with Crippen molar-refractivity contribution in [3.05, 3.63) is 34.9 Å². The number of alkyl halides is 1. The summed E-state index contributed by atoms with van der Waals surface area (Å²) < 4.78 is 0. The van der Waals surface area contributed by atoms with Crippen molar-refractivity contribution in [3.8, 4) is 0 Å². The highest BCUT2D eigenvalue weighted by Gasteiger charge is 2.32. The van der Waals surface area contributed by atoms with Crippen LogP contribution in [-0.2, 0) is 6.54 Å². The molecule has 0 radical (unpaired) electrons. The Morgan fingerprint density at radius 1 is 1.17 bits per heavy atom. The average molecular weight is 266 g/mol. The zero-order valence-corrected chi connectivity index (χ0v) is 12.3. The van der Waals surface area contributed by atoms with Crippen LogP contribution in [0.2, 0.25) is 0 Å². The largest absolute Gasteiger partial charge is 0.312 e. The molecule has 1 aromatic carbocycles. The van der Waals surface area contributed by atoms with E-state index in [0.29, 0.717) is 5.41 Å². The molecule has 1 aliphatic rings. The van der Waals surface area contributed by atoms with Gasteiger partial charge in [-0.05, 0) is 48.8 Å². The Hall–Kier alpha value is -0.530. The van der Waals surface area contributed by atoms with Gasteiger partial charge in [0.1, 0.15) is 0 Å². The SMILES string of the molecule is Cc1cccc(C)c1CNCC1(CCl)CCCC1. The molecule has 0 amide bonds. The molecule has 0 heterocycles. The first-order valence-electron chi connectivity index (χ1n) is 6.99. The van der Waals surface area contributed by atoms with Gasteiger partial charge in [0.25, 0.3) is 0 Å². The third kappa shape index (κ3) is 3.07. The topological polar surface area (TPSA) is 12.0 Å². The Balaban J connectivity index is 1.92. The van der Waals surface area contributed by atoms with Crippen LogP contribution in [0.25, 0.3) is 0 Å². The number of rotatable bonds is 5. The van der Waals surface area contributed by atoms with Crippen LogP contribution in [0.15, 0.2) is 18.2 Å². The first-order chi connectivity index (χ1) is 8.67. The third-order valence-corrected chi connectivity index (χ3v) is 4.96. The summed E-state index contributed by atoms with van der Waals surface area (Å²) in [6.45, 7) is 6.41. The Morgan fingerprint density at radius 3 is 2.33 bits per heavy atom. The van der Waals surface area contributed by atoms with Crippen molar-refractivity contribution in [2.45, 2.75) is 46.1 Å². The standard InChI is InChI=1S/C16H24ClN/c1-13-6-5-7-14(2)15(13)10-18-12-16(11-17)8-3-4-9-16/h5-7,18H,3-4,8-12H2,1-2H3. The molecule has 0 aromatic heterocycles. The quantitative estimate of drug-likeness (QED) is 0.787. The highest BCUT2D eigenvalue weighted by Crippen LogP contribution is 2.38. The van der Waals surface area contributed by atoms with Gasteiger partial charge in [-0.3, -0.25) is 0 Å². The molecule has 1 N–H and O–H groups in total. The molecule has 100 valence electrons. The van der Waals surface area contributed by atoms with E-state index in [1.165, 1.54) is 42.4 Å². The summed E-state index contributed by atoms with van der Waals surface area (Å²) in [5, 5.41) is 3.63. The Kier molecular flexibility index (Phi) is 4.69. The van der Waals surface area contributed by atoms with Crippen LogP contribution < -0.4 is 5.32 Å². The number of nitrogens with one attached hydrogen (secondary N) is 1. The molecule has 1 aliphatic carbocycles. The molecule has 18 heavy (non-hydrogen) atoms. The van der Waals surface area contributed by atoms with Crippen molar-refractivity contribution in [3.63, 3.8) is 0 Å². The first-order valence-corrected chi connectivity index (χ1v) is 7.52. The molecule has 2 rings (SSSR count). The molecule has 0 aliphatic heterocycles. The molecule has 1 fully saturated rings. The molecular weight excluding hydrogens is 242 g/mol. The molecule has 0 spiro atoms. The summed E-state index contributed by atoms with van der Waals surface area (Å²) in [4.78, 5) is 0. The maximum absolute atomic E-state index is 6.17. The molecule has 1 nitrogen and oxygen atoms in total. The van der Waals surface area contributed by atoms with Crippen LogP contribution in [0.5, 0.6) is 0 Å². The predicted octanol–water partition coefficient (Wildman–Crippen LogP) is 4.19. The molecule has 0 bridgehead atoms. The number of aryl methyl sites for hydroxylation is 2. The predicted molar refractivity (Wildman–Crippen MR) is 79.2 cm³/mol. The van der Waals surface area contributed by atoms with Crippen LogP contribution >= 0.6 is 11.6 Å². The smallest absolute Gasteiger partial charge is 0.0292 e. The fourth-order valence-corrected chi connectivity index (χ4v) is 3.42. The fraction of sp³-hybridized carbons (Fsp3) is 0.625. The second-order valence-corrected chi connectivity index (χ2v) is 6.08. The monoisotopic (exact) mass is 265 g/mol. The summed E-state index contributed by atoms with van der Waals surface area (Å²) in [6.07, 6.45) is 5.27. The van der Waals surface area contributed by atoms with Crippen molar-refractivity contribution >= 4 is 11.6 Å². The minimum atomic E-state index is 0.359. The molecule has 0 unspecified atom stereocenters. The van der Waals surface area contributed by atoms with Gasteiger partial charge in [-0.15, -0.1) is 11.6 Å². The van der Waals surface area contributed by atoms with Crippen molar-refractivity contribution in [2.75, 3.05) is 12.4 Å². The van der Waals surface area contributed by atoms with E-state index in [0.717, 1.165) is 19.0 Å². The van der Waals surface area contributed by atoms with E-state index in [9.17, 15) is 0 Å². The lowest BCUT2D eigenvalue weighted by atomic mass is 9.88. The molecule has 1 saturated carbocycles. The van der Waals surface area contributed by atoms with Crippen LogP contribution in [0.3, 0.4) is 0 Å². The molecule has 0 atom stereocenters. The summed E-state index contributed by atoms with van der Waals surface area (Å²) in [5.41, 5.74) is 4.57. The van der Waals surface area contributed by atoms with Crippen LogP contribution in [0.4, 0.5) is 0 Å². The Labute approximate surface area is 116 Å². The van der Waals surface area contributed by atoms with Crippen LogP contribution in [0.1, 0.15) is 42.4 Å². The number of benzene rings is 1. The van der Waals surface area contributed by atoms with E-state index in [1.54, 1.807) is 0 Å².